The highest BCUT2D eigenvalue weighted by molar-refractivity contribution is 7.89. The third-order valence-corrected chi connectivity index (χ3v) is 9.35. The van der Waals surface area contributed by atoms with Gasteiger partial charge in [-0.2, -0.15) is 4.31 Å². The number of likely N-dealkylation sites (N-methyl/N-ethyl adjacent to an activating group) is 1. The van der Waals surface area contributed by atoms with Crippen molar-refractivity contribution in [2.45, 2.75) is 50.6 Å². The van der Waals surface area contributed by atoms with E-state index in [9.17, 15) is 18.0 Å². The average molecular weight is 545 g/mol. The number of aryl methyl sites for hydroxylation is 2. The van der Waals surface area contributed by atoms with E-state index < -0.39 is 22.0 Å². The second kappa shape index (κ2) is 11.3. The van der Waals surface area contributed by atoms with Crippen LogP contribution in [0.4, 0.5) is 5.69 Å². The summed E-state index contributed by atoms with van der Waals surface area (Å²) in [6.07, 6.45) is 3.58. The van der Waals surface area contributed by atoms with Crippen molar-refractivity contribution >= 4 is 39.1 Å². The number of halogens is 1. The maximum atomic E-state index is 14.0. The summed E-state index contributed by atoms with van der Waals surface area (Å²) in [6.45, 7) is 5.67. The van der Waals surface area contributed by atoms with Gasteiger partial charge in [0.15, 0.2) is 0 Å². The summed E-state index contributed by atoms with van der Waals surface area (Å²) in [6, 6.07) is 8.98. The molecule has 8 nitrogen and oxygen atoms in total. The van der Waals surface area contributed by atoms with E-state index in [0.29, 0.717) is 33.9 Å². The Morgan fingerprint density at radius 1 is 1.19 bits per heavy atom. The molecule has 0 saturated heterocycles. The highest BCUT2D eigenvalue weighted by Crippen LogP contribution is 2.32. The molecule has 0 aromatic heterocycles. The zero-order valence-electron chi connectivity index (χ0n) is 21.4. The molecule has 1 atom stereocenters. The summed E-state index contributed by atoms with van der Waals surface area (Å²) in [5, 5.41) is 6.16. The molecular weight excluding hydrogens is 512 g/mol. The summed E-state index contributed by atoms with van der Waals surface area (Å²) >= 11 is 6.22. The van der Waals surface area contributed by atoms with Gasteiger partial charge in [-0.3, -0.25) is 9.59 Å². The normalized spacial score (nSPS) is 19.0. The zero-order chi connectivity index (χ0) is 26.7. The number of carbonyl (C=O) groups is 2. The number of fused-ring (bicyclic) bond motifs is 1. The van der Waals surface area contributed by atoms with Crippen molar-refractivity contribution in [2.75, 3.05) is 32.0 Å². The Kier molecular flexibility index (Phi) is 8.38. The molecule has 0 bridgehead atoms. The molecule has 0 saturated carbocycles. The molecule has 0 fully saturated rings. The second-order valence-corrected chi connectivity index (χ2v) is 12.0. The van der Waals surface area contributed by atoms with Crippen LogP contribution in [0, 0.1) is 13.8 Å². The highest BCUT2D eigenvalue weighted by atomic mass is 35.5. The minimum absolute atomic E-state index is 0.0449. The number of para-hydroxylation sites is 1. The molecule has 0 aliphatic carbocycles. The third-order valence-electron chi connectivity index (χ3n) is 6.95. The monoisotopic (exact) mass is 544 g/mol. The van der Waals surface area contributed by atoms with Crippen LogP contribution in [0.1, 0.15) is 36.0 Å². The molecule has 2 aromatic rings. The van der Waals surface area contributed by atoms with E-state index in [1.54, 1.807) is 44.2 Å². The number of nitrogens with one attached hydrogen (secondary N) is 2. The van der Waals surface area contributed by atoms with Gasteiger partial charge in [0.2, 0.25) is 21.8 Å². The van der Waals surface area contributed by atoms with Crippen LogP contribution in [0.2, 0.25) is 5.02 Å². The van der Waals surface area contributed by atoms with Crippen molar-refractivity contribution in [1.29, 1.82) is 0 Å². The predicted octanol–water partition coefficient (Wildman–Crippen LogP) is 3.63. The quantitative estimate of drug-likeness (QED) is 0.519. The summed E-state index contributed by atoms with van der Waals surface area (Å²) in [7, 11) is -2.08. The average Bonchev–Trinajstić information content (AvgIpc) is 2.99. The number of rotatable bonds is 7. The molecular formula is C27H33ClN4O4S. The maximum Gasteiger partial charge on any atom is 0.244 e. The fourth-order valence-electron chi connectivity index (χ4n) is 4.66. The highest BCUT2D eigenvalue weighted by Gasteiger charge is 2.40. The van der Waals surface area contributed by atoms with Gasteiger partial charge in [-0.25, -0.2) is 8.42 Å². The molecule has 2 amide bonds. The van der Waals surface area contributed by atoms with E-state index in [1.807, 2.05) is 0 Å². The van der Waals surface area contributed by atoms with Gasteiger partial charge in [0.05, 0.1) is 11.3 Å². The van der Waals surface area contributed by atoms with Gasteiger partial charge in [-0.1, -0.05) is 41.4 Å². The minimum Gasteiger partial charge on any atom is -0.356 e. The SMILES string of the molecule is Cc1cc(S(=O)(=O)N2Cc3ccccc3NC(=O)C2CC(=O)NCCC2=CCN(C)CC2)c(C)cc1Cl. The first kappa shape index (κ1) is 27.3. The number of amides is 2. The van der Waals surface area contributed by atoms with Crippen LogP contribution >= 0.6 is 11.6 Å². The molecule has 2 heterocycles. The molecule has 10 heteroatoms. The lowest BCUT2D eigenvalue weighted by atomic mass is 10.1. The number of nitrogens with zero attached hydrogens (tertiary/aromatic N) is 2. The lowest BCUT2D eigenvalue weighted by Gasteiger charge is -2.28. The van der Waals surface area contributed by atoms with Gasteiger partial charge in [0.1, 0.15) is 6.04 Å². The standard InChI is InChI=1S/C27H33ClN4O4S/c1-18-15-25(19(2)14-22(18)28)37(35,36)32-17-21-6-4-5-7-23(21)30-27(34)24(32)16-26(33)29-11-8-20-9-12-31(3)13-10-20/h4-7,9,14-15,24H,8,10-13,16-17H2,1-3H3,(H,29,33)(H,30,34). The van der Waals surface area contributed by atoms with Crippen molar-refractivity contribution in [3.05, 3.63) is 69.8 Å². The van der Waals surface area contributed by atoms with Crippen LogP contribution in [0.25, 0.3) is 0 Å². The van der Waals surface area contributed by atoms with Crippen molar-refractivity contribution < 1.29 is 18.0 Å². The van der Waals surface area contributed by atoms with E-state index in [4.69, 9.17) is 11.6 Å². The van der Waals surface area contributed by atoms with Crippen molar-refractivity contribution in [3.8, 4) is 0 Å². The van der Waals surface area contributed by atoms with E-state index in [1.165, 1.54) is 11.6 Å². The Labute approximate surface area is 223 Å². The fraction of sp³-hybridized carbons (Fsp3) is 0.407. The smallest absolute Gasteiger partial charge is 0.244 e. The van der Waals surface area contributed by atoms with Crippen LogP contribution in [0.5, 0.6) is 0 Å². The number of carbonyl (C=O) groups excluding carboxylic acids is 2. The van der Waals surface area contributed by atoms with E-state index in [0.717, 1.165) is 30.2 Å². The summed E-state index contributed by atoms with van der Waals surface area (Å²) in [5.41, 5.74) is 3.57. The first-order valence-electron chi connectivity index (χ1n) is 12.4. The molecule has 0 spiro atoms. The second-order valence-electron chi connectivity index (χ2n) is 9.76. The topological polar surface area (TPSA) is 98.8 Å². The Balaban J connectivity index is 1.59. The van der Waals surface area contributed by atoms with Crippen molar-refractivity contribution in [1.82, 2.24) is 14.5 Å². The van der Waals surface area contributed by atoms with E-state index in [-0.39, 0.29) is 23.8 Å². The molecule has 0 radical (unpaired) electrons. The van der Waals surface area contributed by atoms with Gasteiger partial charge in [0, 0.05) is 36.9 Å². The van der Waals surface area contributed by atoms with E-state index in [2.05, 4.69) is 28.7 Å². The summed E-state index contributed by atoms with van der Waals surface area (Å²) in [4.78, 5) is 28.6. The number of anilines is 1. The molecule has 2 aromatic carbocycles. The number of benzene rings is 2. The van der Waals surface area contributed by atoms with Crippen LogP contribution in [-0.2, 0) is 26.2 Å². The first-order valence-corrected chi connectivity index (χ1v) is 14.2. The fourth-order valence-corrected chi connectivity index (χ4v) is 6.74. The Morgan fingerprint density at radius 3 is 2.68 bits per heavy atom. The molecule has 198 valence electrons. The van der Waals surface area contributed by atoms with Gasteiger partial charge in [-0.05, 0) is 68.6 Å². The van der Waals surface area contributed by atoms with Crippen LogP contribution < -0.4 is 10.6 Å². The summed E-state index contributed by atoms with van der Waals surface area (Å²) in [5.74, 6) is -0.908. The van der Waals surface area contributed by atoms with Crippen LogP contribution in [0.3, 0.4) is 0 Å². The van der Waals surface area contributed by atoms with Gasteiger partial charge < -0.3 is 15.5 Å². The number of hydrogen-bond acceptors (Lipinski definition) is 5. The van der Waals surface area contributed by atoms with Gasteiger partial charge in [-0.15, -0.1) is 0 Å². The molecule has 1 unspecified atom stereocenters. The molecule has 2 N–H and O–H groups in total. The summed E-state index contributed by atoms with van der Waals surface area (Å²) < 4.78 is 29.1. The van der Waals surface area contributed by atoms with Crippen molar-refractivity contribution in [2.24, 2.45) is 0 Å². The Morgan fingerprint density at radius 2 is 1.95 bits per heavy atom. The Hall–Kier alpha value is -2.72. The molecule has 2 aliphatic heterocycles. The zero-order valence-corrected chi connectivity index (χ0v) is 23.0. The van der Waals surface area contributed by atoms with Crippen LogP contribution in [-0.4, -0.2) is 62.2 Å². The lowest BCUT2D eigenvalue weighted by molar-refractivity contribution is -0.127. The largest absolute Gasteiger partial charge is 0.356 e. The third kappa shape index (κ3) is 6.23. The van der Waals surface area contributed by atoms with Gasteiger partial charge >= 0.3 is 0 Å². The van der Waals surface area contributed by atoms with Crippen LogP contribution in [0.15, 0.2) is 52.9 Å². The number of sulfonamides is 1. The van der Waals surface area contributed by atoms with E-state index >= 15 is 0 Å². The van der Waals surface area contributed by atoms with Crippen molar-refractivity contribution in [3.63, 3.8) is 0 Å². The predicted molar refractivity (Wildman–Crippen MR) is 145 cm³/mol. The molecule has 2 aliphatic rings. The minimum atomic E-state index is -4.15. The van der Waals surface area contributed by atoms with Gasteiger partial charge in [0.25, 0.3) is 0 Å². The first-order chi connectivity index (χ1) is 17.6. The lowest BCUT2D eigenvalue weighted by Crippen LogP contribution is -2.48. The molecule has 4 rings (SSSR count). The molecule has 37 heavy (non-hydrogen) atoms. The Bertz CT molecular complexity index is 1340. The maximum absolute atomic E-state index is 14.0. The number of hydrogen-bond donors (Lipinski definition) is 2.